The van der Waals surface area contributed by atoms with Gasteiger partial charge in [-0.15, -0.1) is 24.0 Å². The Balaban J connectivity index is 0.00000420. The average Bonchev–Trinajstić information content (AvgIpc) is 3.17. The van der Waals surface area contributed by atoms with Gasteiger partial charge in [0.05, 0.1) is 25.0 Å². The maximum absolute atomic E-state index is 5.11. The molecule has 0 amide bonds. The van der Waals surface area contributed by atoms with Crippen molar-refractivity contribution in [3.63, 3.8) is 0 Å². The van der Waals surface area contributed by atoms with Crippen LogP contribution in [0.25, 0.3) is 11.3 Å². The number of ether oxygens (including phenoxy) is 1. The van der Waals surface area contributed by atoms with Crippen molar-refractivity contribution in [2.45, 2.75) is 19.9 Å². The lowest BCUT2D eigenvalue weighted by Gasteiger charge is -2.21. The van der Waals surface area contributed by atoms with Crippen molar-refractivity contribution < 1.29 is 4.74 Å². The molecule has 0 atom stereocenters. The minimum atomic E-state index is 0. The van der Waals surface area contributed by atoms with Crippen LogP contribution in [0.15, 0.2) is 41.5 Å². The molecule has 2 aromatic rings. The Hall–Kier alpha value is -1.65. The number of rotatable bonds is 11. The number of nitrogens with one attached hydrogen (secondary N) is 2. The number of aromatic nitrogens is 2. The number of aliphatic imine (C=N–C) groups is 1. The van der Waals surface area contributed by atoms with Gasteiger partial charge in [-0.1, -0.05) is 30.3 Å². The third-order valence-electron chi connectivity index (χ3n) is 4.43. The topological polar surface area (TPSA) is 68.8 Å². The molecule has 0 unspecified atom stereocenters. The van der Waals surface area contributed by atoms with E-state index in [4.69, 9.17) is 9.73 Å². The van der Waals surface area contributed by atoms with E-state index < -0.39 is 0 Å². The summed E-state index contributed by atoms with van der Waals surface area (Å²) in [6.07, 6.45) is 2.90. The van der Waals surface area contributed by atoms with E-state index in [1.807, 2.05) is 31.4 Å². The molecule has 0 aliphatic rings. The summed E-state index contributed by atoms with van der Waals surface area (Å²) in [4.78, 5) is 17.1. The third-order valence-corrected chi connectivity index (χ3v) is 4.43. The molecule has 0 spiro atoms. The molecule has 7 nitrogen and oxygen atoms in total. The van der Waals surface area contributed by atoms with Gasteiger partial charge >= 0.3 is 0 Å². The number of hydrogen-bond donors (Lipinski definition) is 2. The Morgan fingerprint density at radius 3 is 2.66 bits per heavy atom. The van der Waals surface area contributed by atoms with Gasteiger partial charge in [0, 0.05) is 33.8 Å². The summed E-state index contributed by atoms with van der Waals surface area (Å²) in [5, 5.41) is 3.36. The number of halogens is 1. The molecule has 0 radical (unpaired) electrons. The van der Waals surface area contributed by atoms with Gasteiger partial charge in [0.25, 0.3) is 0 Å². The highest BCUT2D eigenvalue weighted by atomic mass is 127. The first kappa shape index (κ1) is 25.4. The number of nitrogens with zero attached hydrogens (tertiary/aromatic N) is 4. The van der Waals surface area contributed by atoms with Gasteiger partial charge in [-0.3, -0.25) is 4.99 Å². The molecule has 1 heterocycles. The minimum Gasteiger partial charge on any atom is -0.383 e. The standard InChI is InChI=1S/C21H34N6O.HI/c1-5-22-21(23-12-9-13-26(2)14-15-28-4)27(3)17-20-24-16-19(25-20)18-10-7-6-8-11-18;/h6-8,10-11,16H,5,9,12-15,17H2,1-4H3,(H,22,23)(H,24,25);1H. The molecule has 0 fully saturated rings. The smallest absolute Gasteiger partial charge is 0.194 e. The second kappa shape index (κ2) is 14.4. The number of hydrogen-bond acceptors (Lipinski definition) is 4. The number of H-pyrrole nitrogens is 1. The molecule has 0 bridgehead atoms. The zero-order valence-corrected chi connectivity index (χ0v) is 20.3. The second-order valence-electron chi connectivity index (χ2n) is 6.85. The number of benzene rings is 1. The first-order valence-electron chi connectivity index (χ1n) is 9.90. The molecule has 0 saturated carbocycles. The molecule has 1 aromatic carbocycles. The molecule has 2 rings (SSSR count). The Labute approximate surface area is 192 Å². The van der Waals surface area contributed by atoms with Crippen LogP contribution in [0.5, 0.6) is 0 Å². The van der Waals surface area contributed by atoms with E-state index >= 15 is 0 Å². The predicted octanol–water partition coefficient (Wildman–Crippen LogP) is 3.06. The molecular weight excluding hydrogens is 479 g/mol. The van der Waals surface area contributed by atoms with E-state index in [2.05, 4.69) is 51.2 Å². The lowest BCUT2D eigenvalue weighted by molar-refractivity contribution is 0.161. The van der Waals surface area contributed by atoms with Crippen molar-refractivity contribution in [3.8, 4) is 11.3 Å². The van der Waals surface area contributed by atoms with Crippen LogP contribution < -0.4 is 5.32 Å². The summed E-state index contributed by atoms with van der Waals surface area (Å²) >= 11 is 0. The fraction of sp³-hybridized carbons (Fsp3) is 0.524. The van der Waals surface area contributed by atoms with E-state index in [1.165, 1.54) is 0 Å². The van der Waals surface area contributed by atoms with E-state index in [0.717, 1.165) is 62.2 Å². The highest BCUT2D eigenvalue weighted by Crippen LogP contribution is 2.16. The number of methoxy groups -OCH3 is 1. The summed E-state index contributed by atoms with van der Waals surface area (Å²) in [6.45, 7) is 7.10. The van der Waals surface area contributed by atoms with Crippen molar-refractivity contribution >= 4 is 29.9 Å². The Morgan fingerprint density at radius 2 is 1.97 bits per heavy atom. The van der Waals surface area contributed by atoms with Crippen LogP contribution in [-0.2, 0) is 11.3 Å². The van der Waals surface area contributed by atoms with Gasteiger partial charge in [0.15, 0.2) is 5.96 Å². The Bertz CT molecular complexity index is 706. The monoisotopic (exact) mass is 514 g/mol. The number of likely N-dealkylation sites (N-methyl/N-ethyl adjacent to an activating group) is 1. The van der Waals surface area contributed by atoms with Gasteiger partial charge in [-0.25, -0.2) is 4.98 Å². The molecule has 0 aliphatic carbocycles. The van der Waals surface area contributed by atoms with E-state index in [1.54, 1.807) is 7.11 Å². The molecule has 8 heteroatoms. The predicted molar refractivity (Wildman–Crippen MR) is 131 cm³/mol. The summed E-state index contributed by atoms with van der Waals surface area (Å²) in [5.74, 6) is 1.82. The van der Waals surface area contributed by atoms with Gasteiger partial charge in [0.1, 0.15) is 5.82 Å². The normalized spacial score (nSPS) is 11.4. The fourth-order valence-electron chi connectivity index (χ4n) is 2.86. The molecule has 162 valence electrons. The van der Waals surface area contributed by atoms with Crippen molar-refractivity contribution in [3.05, 3.63) is 42.4 Å². The lowest BCUT2D eigenvalue weighted by Crippen LogP contribution is -2.39. The van der Waals surface area contributed by atoms with E-state index in [9.17, 15) is 0 Å². The second-order valence-corrected chi connectivity index (χ2v) is 6.85. The van der Waals surface area contributed by atoms with Crippen LogP contribution in [0.4, 0.5) is 0 Å². The molecule has 2 N–H and O–H groups in total. The highest BCUT2D eigenvalue weighted by molar-refractivity contribution is 14.0. The fourth-order valence-corrected chi connectivity index (χ4v) is 2.86. The number of aromatic amines is 1. The Kier molecular flexibility index (Phi) is 12.6. The summed E-state index contributed by atoms with van der Waals surface area (Å²) in [5.41, 5.74) is 2.17. The van der Waals surface area contributed by atoms with E-state index in [-0.39, 0.29) is 24.0 Å². The summed E-state index contributed by atoms with van der Waals surface area (Å²) < 4.78 is 5.11. The van der Waals surface area contributed by atoms with Crippen LogP contribution in [0.2, 0.25) is 0 Å². The van der Waals surface area contributed by atoms with Crippen molar-refractivity contribution in [1.29, 1.82) is 0 Å². The van der Waals surface area contributed by atoms with Crippen molar-refractivity contribution in [2.75, 3.05) is 54.0 Å². The van der Waals surface area contributed by atoms with Crippen LogP contribution in [0.1, 0.15) is 19.2 Å². The molecule has 29 heavy (non-hydrogen) atoms. The van der Waals surface area contributed by atoms with Crippen LogP contribution in [0.3, 0.4) is 0 Å². The van der Waals surface area contributed by atoms with Crippen LogP contribution in [-0.4, -0.2) is 79.7 Å². The lowest BCUT2D eigenvalue weighted by atomic mass is 10.2. The maximum Gasteiger partial charge on any atom is 0.194 e. The largest absolute Gasteiger partial charge is 0.383 e. The summed E-state index contributed by atoms with van der Waals surface area (Å²) in [7, 11) is 5.89. The van der Waals surface area contributed by atoms with Crippen LogP contribution in [0, 0.1) is 0 Å². The van der Waals surface area contributed by atoms with Crippen LogP contribution >= 0.6 is 24.0 Å². The van der Waals surface area contributed by atoms with Crippen molar-refractivity contribution in [1.82, 2.24) is 25.1 Å². The molecule has 0 saturated heterocycles. The SMILES string of the molecule is CCNC(=NCCCN(C)CCOC)N(C)Cc1ncc(-c2ccccc2)[nH]1.I. The van der Waals surface area contributed by atoms with Gasteiger partial charge < -0.3 is 24.8 Å². The molecule has 0 aliphatic heterocycles. The zero-order chi connectivity index (χ0) is 20.2. The first-order valence-corrected chi connectivity index (χ1v) is 9.90. The molecular formula is C21H35IN6O. The number of guanidine groups is 1. The zero-order valence-electron chi connectivity index (χ0n) is 18.0. The summed E-state index contributed by atoms with van der Waals surface area (Å²) in [6, 6.07) is 10.2. The third kappa shape index (κ3) is 9.14. The van der Waals surface area contributed by atoms with Gasteiger partial charge in [0.2, 0.25) is 0 Å². The minimum absolute atomic E-state index is 0. The van der Waals surface area contributed by atoms with Crippen molar-refractivity contribution in [2.24, 2.45) is 4.99 Å². The van der Waals surface area contributed by atoms with E-state index in [0.29, 0.717) is 6.54 Å². The average molecular weight is 514 g/mol. The highest BCUT2D eigenvalue weighted by Gasteiger charge is 2.10. The number of imidazole rings is 1. The first-order chi connectivity index (χ1) is 13.6. The van der Waals surface area contributed by atoms with Gasteiger partial charge in [-0.2, -0.15) is 0 Å². The van der Waals surface area contributed by atoms with Gasteiger partial charge in [-0.05, 0) is 32.5 Å². The Morgan fingerprint density at radius 1 is 1.21 bits per heavy atom. The quantitative estimate of drug-likeness (QED) is 0.209. The molecule has 1 aromatic heterocycles. The maximum atomic E-state index is 5.11.